The van der Waals surface area contributed by atoms with Gasteiger partial charge in [-0.05, 0) is 42.0 Å². The molecule has 150 valence electrons. The van der Waals surface area contributed by atoms with Crippen LogP contribution in [-0.2, 0) is 4.79 Å². The Labute approximate surface area is 178 Å². The Kier molecular flexibility index (Phi) is 5.77. The molecule has 0 aliphatic heterocycles. The van der Waals surface area contributed by atoms with Gasteiger partial charge in [-0.2, -0.15) is 10.2 Å². The number of amides is 1. The maximum absolute atomic E-state index is 12.1. The average Bonchev–Trinajstić information content (AvgIpc) is 3.06. The number of nitrogens with one attached hydrogen (secondary N) is 1. The standard InChI is InChI=1S/C23H19ClN4O2/c1-16-21(23(24)28(27-16)19-9-3-2-4-10-19)14-25-26-22(29)15-30-20-12-11-17-7-5-6-8-18(17)13-20/h2-14H,15H2,1H3,(H,26,29)/b25-14+. The number of carbonyl (C=O) groups excluding carboxylic acids is 1. The molecule has 3 aromatic carbocycles. The molecule has 0 radical (unpaired) electrons. The van der Waals surface area contributed by atoms with Gasteiger partial charge < -0.3 is 4.74 Å². The maximum atomic E-state index is 12.1. The van der Waals surface area contributed by atoms with Crippen molar-refractivity contribution in [1.29, 1.82) is 0 Å². The van der Waals surface area contributed by atoms with E-state index in [9.17, 15) is 4.79 Å². The summed E-state index contributed by atoms with van der Waals surface area (Å²) in [6.45, 7) is 1.68. The summed E-state index contributed by atoms with van der Waals surface area (Å²) >= 11 is 6.44. The van der Waals surface area contributed by atoms with Crippen LogP contribution in [-0.4, -0.2) is 28.5 Å². The fourth-order valence-corrected chi connectivity index (χ4v) is 3.33. The van der Waals surface area contributed by atoms with E-state index in [-0.39, 0.29) is 12.5 Å². The van der Waals surface area contributed by atoms with Crippen LogP contribution in [0.1, 0.15) is 11.3 Å². The summed E-state index contributed by atoms with van der Waals surface area (Å²) in [5.41, 5.74) is 4.64. The first kappa shape index (κ1) is 19.7. The molecular formula is C23H19ClN4O2. The van der Waals surface area contributed by atoms with E-state index in [1.165, 1.54) is 6.21 Å². The number of para-hydroxylation sites is 1. The Morgan fingerprint density at radius 3 is 2.63 bits per heavy atom. The van der Waals surface area contributed by atoms with Crippen LogP contribution in [0.2, 0.25) is 5.15 Å². The predicted octanol–water partition coefficient (Wildman–Crippen LogP) is 4.52. The van der Waals surface area contributed by atoms with Gasteiger partial charge in [-0.15, -0.1) is 0 Å². The second-order valence-corrected chi connectivity index (χ2v) is 6.99. The molecule has 7 heteroatoms. The van der Waals surface area contributed by atoms with Crippen LogP contribution in [0.3, 0.4) is 0 Å². The van der Waals surface area contributed by atoms with E-state index in [1.807, 2.05) is 79.7 Å². The average molecular weight is 419 g/mol. The number of hydrogen-bond acceptors (Lipinski definition) is 4. The Balaban J connectivity index is 1.37. The lowest BCUT2D eigenvalue weighted by Crippen LogP contribution is -2.24. The lowest BCUT2D eigenvalue weighted by Gasteiger charge is -2.06. The molecule has 4 aromatic rings. The van der Waals surface area contributed by atoms with Crippen LogP contribution < -0.4 is 10.2 Å². The molecule has 1 N–H and O–H groups in total. The third-order valence-electron chi connectivity index (χ3n) is 4.52. The van der Waals surface area contributed by atoms with E-state index >= 15 is 0 Å². The summed E-state index contributed by atoms with van der Waals surface area (Å²) in [6, 6.07) is 23.2. The molecule has 4 rings (SSSR count). The van der Waals surface area contributed by atoms with Gasteiger partial charge >= 0.3 is 0 Å². The summed E-state index contributed by atoms with van der Waals surface area (Å²) in [5.74, 6) is 0.250. The van der Waals surface area contributed by atoms with E-state index in [4.69, 9.17) is 16.3 Å². The first-order valence-corrected chi connectivity index (χ1v) is 9.73. The lowest BCUT2D eigenvalue weighted by atomic mass is 10.1. The molecule has 0 aliphatic rings. The van der Waals surface area contributed by atoms with Crippen molar-refractivity contribution in [3.05, 3.63) is 89.2 Å². The minimum atomic E-state index is -0.372. The first-order chi connectivity index (χ1) is 14.6. The topological polar surface area (TPSA) is 68.5 Å². The van der Waals surface area contributed by atoms with Crippen LogP contribution in [0.4, 0.5) is 0 Å². The number of carbonyl (C=O) groups is 1. The molecule has 0 unspecified atom stereocenters. The smallest absolute Gasteiger partial charge is 0.277 e. The van der Waals surface area contributed by atoms with E-state index in [1.54, 1.807) is 4.68 Å². The number of hydrazone groups is 1. The molecule has 6 nitrogen and oxygen atoms in total. The van der Waals surface area contributed by atoms with Crippen molar-refractivity contribution in [1.82, 2.24) is 15.2 Å². The number of halogens is 1. The molecule has 0 spiro atoms. The molecule has 0 bridgehead atoms. The van der Waals surface area contributed by atoms with Crippen LogP contribution in [0, 0.1) is 6.92 Å². The zero-order valence-corrected chi connectivity index (χ0v) is 17.0. The summed E-state index contributed by atoms with van der Waals surface area (Å²) in [4.78, 5) is 12.1. The van der Waals surface area contributed by atoms with Gasteiger partial charge in [0.2, 0.25) is 0 Å². The molecule has 0 atom stereocenters. The summed E-state index contributed by atoms with van der Waals surface area (Å²) in [7, 11) is 0. The highest BCUT2D eigenvalue weighted by atomic mass is 35.5. The Hall–Kier alpha value is -3.64. The second-order valence-electron chi connectivity index (χ2n) is 6.63. The Morgan fingerprint density at radius 1 is 1.10 bits per heavy atom. The minimum absolute atomic E-state index is 0.147. The normalized spacial score (nSPS) is 11.1. The highest BCUT2D eigenvalue weighted by Crippen LogP contribution is 2.22. The molecular weight excluding hydrogens is 400 g/mol. The van der Waals surface area contributed by atoms with Crippen molar-refractivity contribution in [3.8, 4) is 11.4 Å². The van der Waals surface area contributed by atoms with Crippen molar-refractivity contribution in [2.24, 2.45) is 5.10 Å². The van der Waals surface area contributed by atoms with Gasteiger partial charge in [0.15, 0.2) is 6.61 Å². The van der Waals surface area contributed by atoms with Crippen molar-refractivity contribution in [3.63, 3.8) is 0 Å². The number of aromatic nitrogens is 2. The number of fused-ring (bicyclic) bond motifs is 1. The first-order valence-electron chi connectivity index (χ1n) is 9.36. The third kappa shape index (κ3) is 4.34. The van der Waals surface area contributed by atoms with Crippen LogP contribution in [0.5, 0.6) is 5.75 Å². The highest BCUT2D eigenvalue weighted by Gasteiger charge is 2.13. The Bertz CT molecular complexity index is 1220. The monoisotopic (exact) mass is 418 g/mol. The zero-order chi connectivity index (χ0) is 20.9. The van der Waals surface area contributed by atoms with Gasteiger partial charge in [0.1, 0.15) is 10.9 Å². The van der Waals surface area contributed by atoms with Crippen LogP contribution in [0.15, 0.2) is 77.9 Å². The quantitative estimate of drug-likeness (QED) is 0.370. The number of rotatable bonds is 6. The molecule has 1 aromatic heterocycles. The SMILES string of the molecule is Cc1nn(-c2ccccc2)c(Cl)c1/C=N/NC(=O)COc1ccc2ccccc2c1. The fraction of sp³-hybridized carbons (Fsp3) is 0.0870. The van der Waals surface area contributed by atoms with Gasteiger partial charge in [-0.25, -0.2) is 10.1 Å². The van der Waals surface area contributed by atoms with Gasteiger partial charge in [0.05, 0.1) is 23.2 Å². The van der Waals surface area contributed by atoms with Gasteiger partial charge in [-0.1, -0.05) is 60.1 Å². The molecule has 1 heterocycles. The van der Waals surface area contributed by atoms with Crippen molar-refractivity contribution < 1.29 is 9.53 Å². The minimum Gasteiger partial charge on any atom is -0.484 e. The third-order valence-corrected chi connectivity index (χ3v) is 4.89. The van der Waals surface area contributed by atoms with Crippen LogP contribution in [0.25, 0.3) is 16.5 Å². The summed E-state index contributed by atoms with van der Waals surface area (Å²) in [6.07, 6.45) is 1.48. The van der Waals surface area contributed by atoms with Crippen molar-refractivity contribution in [2.75, 3.05) is 6.61 Å². The fourth-order valence-electron chi connectivity index (χ4n) is 3.01. The number of aryl methyl sites for hydroxylation is 1. The Morgan fingerprint density at radius 2 is 1.83 bits per heavy atom. The van der Waals surface area contributed by atoms with E-state index in [0.717, 1.165) is 16.5 Å². The molecule has 30 heavy (non-hydrogen) atoms. The van der Waals surface area contributed by atoms with Gasteiger partial charge in [0, 0.05) is 0 Å². The second kappa shape index (κ2) is 8.80. The largest absolute Gasteiger partial charge is 0.484 e. The number of hydrogen-bond donors (Lipinski definition) is 1. The van der Waals surface area contributed by atoms with Crippen LogP contribution >= 0.6 is 11.6 Å². The number of ether oxygens (including phenoxy) is 1. The van der Waals surface area contributed by atoms with Crippen molar-refractivity contribution >= 4 is 34.5 Å². The van der Waals surface area contributed by atoms with Crippen molar-refractivity contribution in [2.45, 2.75) is 6.92 Å². The number of nitrogens with zero attached hydrogens (tertiary/aromatic N) is 3. The summed E-state index contributed by atoms with van der Waals surface area (Å²) < 4.78 is 7.19. The lowest BCUT2D eigenvalue weighted by molar-refractivity contribution is -0.123. The predicted molar refractivity (Wildman–Crippen MR) is 118 cm³/mol. The van der Waals surface area contributed by atoms with E-state index in [2.05, 4.69) is 15.6 Å². The highest BCUT2D eigenvalue weighted by molar-refractivity contribution is 6.32. The molecule has 0 fully saturated rings. The molecule has 0 saturated carbocycles. The summed E-state index contributed by atoms with van der Waals surface area (Å²) in [5, 5.41) is 11.0. The van der Waals surface area contributed by atoms with E-state index < -0.39 is 0 Å². The molecule has 0 aliphatic carbocycles. The maximum Gasteiger partial charge on any atom is 0.277 e. The zero-order valence-electron chi connectivity index (χ0n) is 16.2. The molecule has 1 amide bonds. The van der Waals surface area contributed by atoms with E-state index in [0.29, 0.717) is 22.2 Å². The number of benzene rings is 3. The van der Waals surface area contributed by atoms with Gasteiger partial charge in [0.25, 0.3) is 5.91 Å². The molecule has 0 saturated heterocycles. The van der Waals surface area contributed by atoms with Gasteiger partial charge in [-0.3, -0.25) is 4.79 Å².